The highest BCUT2D eigenvalue weighted by atomic mass is 127. The largest absolute Gasteiger partial charge is 0.496 e. The second kappa shape index (κ2) is 25.2. The molecule has 0 saturated carbocycles. The van der Waals surface area contributed by atoms with Gasteiger partial charge in [0.05, 0.1) is 64.0 Å². The van der Waals surface area contributed by atoms with Gasteiger partial charge in [0.1, 0.15) is 46.0 Å². The van der Waals surface area contributed by atoms with Gasteiger partial charge in [-0.15, -0.1) is 0 Å². The van der Waals surface area contributed by atoms with E-state index in [1.54, 1.807) is 56.9 Å². The number of unbranched alkanes of at least 4 members (excludes halogenated alkanes) is 10. The van der Waals surface area contributed by atoms with Crippen LogP contribution in [0.15, 0.2) is 84.9 Å². The SMILES string of the molecule is CCCCCCCCC1(CCCCCCCC)c2cc(-c3cc(OC)c(-c4cc(OC)c(I)cc4OC)cc3OC)ccc2-c2ccc(-c3cc(OC)c(-c4cc(OC)c(I)cc4OC)cc3OC)cc21. The highest BCUT2D eigenvalue weighted by Crippen LogP contribution is 2.57. The van der Waals surface area contributed by atoms with E-state index in [9.17, 15) is 0 Å². The average molecular weight is 1190 g/mol. The second-order valence-electron chi connectivity index (χ2n) is 18.5. The minimum Gasteiger partial charge on any atom is -0.496 e. The minimum atomic E-state index is -0.225. The van der Waals surface area contributed by atoms with Crippen LogP contribution in [0.2, 0.25) is 0 Å². The molecule has 0 aromatic heterocycles. The minimum absolute atomic E-state index is 0.225. The third-order valence-corrected chi connectivity index (χ3v) is 16.2. The molecule has 0 bridgehead atoms. The standard InChI is InChI=1S/C61H72I2O8/c1-11-13-15-17-19-21-27-61(28-22-20-18-16-14-12-2)49-29-39(43-31-55(66-5)45(33-53(43)64-3)47-35-59(70-9)51(62)37-57(47)68-7)23-25-41(49)42-26-24-40(30-50(42)61)44-32-56(67-6)46(34-54(44)65-4)48-36-60(71-10)52(63)38-58(48)69-8/h23-26,29-38H,11-22,27-28H2,1-10H3. The maximum Gasteiger partial charge on any atom is 0.133 e. The van der Waals surface area contributed by atoms with Crippen LogP contribution in [0.1, 0.15) is 115 Å². The molecule has 0 fully saturated rings. The normalized spacial score (nSPS) is 12.3. The summed E-state index contributed by atoms with van der Waals surface area (Å²) >= 11 is 4.56. The van der Waals surface area contributed by atoms with Gasteiger partial charge in [0, 0.05) is 38.8 Å². The van der Waals surface area contributed by atoms with Gasteiger partial charge in [-0.25, -0.2) is 0 Å². The van der Waals surface area contributed by atoms with Crippen molar-refractivity contribution in [1.82, 2.24) is 0 Å². The second-order valence-corrected chi connectivity index (χ2v) is 20.8. The highest BCUT2D eigenvalue weighted by molar-refractivity contribution is 14.1. The number of ether oxygens (including phenoxy) is 8. The molecule has 6 aromatic rings. The molecule has 0 radical (unpaired) electrons. The van der Waals surface area contributed by atoms with Crippen LogP contribution < -0.4 is 37.9 Å². The van der Waals surface area contributed by atoms with E-state index in [1.807, 2.05) is 24.3 Å². The predicted octanol–water partition coefficient (Wildman–Crippen LogP) is 17.4. The maximum absolute atomic E-state index is 6.28. The lowest BCUT2D eigenvalue weighted by molar-refractivity contribution is 0.397. The number of halogens is 2. The Kier molecular flexibility index (Phi) is 19.2. The van der Waals surface area contributed by atoms with Crippen molar-refractivity contribution in [1.29, 1.82) is 0 Å². The van der Waals surface area contributed by atoms with E-state index in [2.05, 4.69) is 120 Å². The Hall–Kier alpha value is -4.82. The molecule has 0 spiro atoms. The molecule has 6 aromatic carbocycles. The molecule has 0 N–H and O–H groups in total. The van der Waals surface area contributed by atoms with E-state index in [-0.39, 0.29) is 5.41 Å². The summed E-state index contributed by atoms with van der Waals surface area (Å²) < 4.78 is 50.2. The van der Waals surface area contributed by atoms with Crippen LogP contribution in [0.5, 0.6) is 46.0 Å². The fourth-order valence-corrected chi connectivity index (χ4v) is 12.0. The van der Waals surface area contributed by atoms with Crippen molar-refractivity contribution in [2.24, 2.45) is 0 Å². The van der Waals surface area contributed by atoms with Gasteiger partial charge in [0.25, 0.3) is 0 Å². The van der Waals surface area contributed by atoms with Crippen LogP contribution in [0, 0.1) is 7.14 Å². The summed E-state index contributed by atoms with van der Waals surface area (Å²) in [6.07, 6.45) is 16.9. The van der Waals surface area contributed by atoms with Gasteiger partial charge in [0.2, 0.25) is 0 Å². The summed E-state index contributed by atoms with van der Waals surface area (Å²) in [6, 6.07) is 30.5. The zero-order chi connectivity index (χ0) is 50.7. The quantitative estimate of drug-likeness (QED) is 0.0393. The maximum atomic E-state index is 6.28. The Labute approximate surface area is 450 Å². The van der Waals surface area contributed by atoms with E-state index < -0.39 is 0 Å². The van der Waals surface area contributed by atoms with Crippen molar-refractivity contribution >= 4 is 45.2 Å². The van der Waals surface area contributed by atoms with Gasteiger partial charge in [-0.05, 0) is 152 Å². The van der Waals surface area contributed by atoms with E-state index >= 15 is 0 Å². The Bertz CT molecular complexity index is 2590. The van der Waals surface area contributed by atoms with Crippen molar-refractivity contribution in [2.75, 3.05) is 56.9 Å². The molecule has 1 aliphatic rings. The predicted molar refractivity (Wildman–Crippen MR) is 308 cm³/mol. The van der Waals surface area contributed by atoms with E-state index in [0.29, 0.717) is 0 Å². The van der Waals surface area contributed by atoms with Crippen molar-refractivity contribution in [3.8, 4) is 102 Å². The zero-order valence-electron chi connectivity index (χ0n) is 43.5. The van der Waals surface area contributed by atoms with Crippen LogP contribution in [0.25, 0.3) is 55.6 Å². The van der Waals surface area contributed by atoms with Gasteiger partial charge in [-0.1, -0.05) is 115 Å². The molecular weight excluding hydrogens is 1110 g/mol. The average Bonchev–Trinajstić information content (AvgIpc) is 3.67. The molecule has 0 atom stereocenters. The van der Waals surface area contributed by atoms with Crippen LogP contribution >= 0.6 is 45.2 Å². The fourth-order valence-electron chi connectivity index (χ4n) is 10.7. The van der Waals surface area contributed by atoms with E-state index in [4.69, 9.17) is 37.9 Å². The third kappa shape index (κ3) is 11.4. The van der Waals surface area contributed by atoms with Crippen LogP contribution in [0.3, 0.4) is 0 Å². The number of rotatable bonds is 26. The lowest BCUT2D eigenvalue weighted by atomic mass is 9.70. The number of fused-ring (bicyclic) bond motifs is 3. The molecule has 0 aliphatic heterocycles. The Morgan fingerprint density at radius 2 is 0.592 bits per heavy atom. The third-order valence-electron chi connectivity index (χ3n) is 14.5. The van der Waals surface area contributed by atoms with Crippen LogP contribution in [0.4, 0.5) is 0 Å². The zero-order valence-corrected chi connectivity index (χ0v) is 47.8. The van der Waals surface area contributed by atoms with Crippen molar-refractivity contribution in [3.63, 3.8) is 0 Å². The lowest BCUT2D eigenvalue weighted by Gasteiger charge is -2.33. The van der Waals surface area contributed by atoms with Gasteiger partial charge in [-0.2, -0.15) is 0 Å². The van der Waals surface area contributed by atoms with Gasteiger partial charge < -0.3 is 37.9 Å². The Morgan fingerprint density at radius 1 is 0.310 bits per heavy atom. The van der Waals surface area contributed by atoms with Crippen molar-refractivity contribution in [3.05, 3.63) is 103 Å². The van der Waals surface area contributed by atoms with Gasteiger partial charge in [0.15, 0.2) is 0 Å². The summed E-state index contributed by atoms with van der Waals surface area (Å²) in [4.78, 5) is 0. The number of hydrogen-bond acceptors (Lipinski definition) is 8. The molecule has 378 valence electrons. The number of benzene rings is 6. The van der Waals surface area contributed by atoms with Crippen LogP contribution in [-0.4, -0.2) is 56.9 Å². The highest BCUT2D eigenvalue weighted by Gasteiger charge is 2.43. The van der Waals surface area contributed by atoms with Gasteiger partial charge in [-0.3, -0.25) is 0 Å². The first-order valence-electron chi connectivity index (χ1n) is 25.2. The molecule has 0 unspecified atom stereocenters. The first kappa shape index (κ1) is 54.0. The van der Waals surface area contributed by atoms with E-state index in [1.165, 1.54) is 86.5 Å². The smallest absolute Gasteiger partial charge is 0.133 e. The summed E-state index contributed by atoms with van der Waals surface area (Å²) in [6.45, 7) is 4.58. The lowest BCUT2D eigenvalue weighted by Crippen LogP contribution is -2.25. The summed E-state index contributed by atoms with van der Waals surface area (Å²) in [5.41, 5.74) is 12.7. The molecule has 0 amide bonds. The number of methoxy groups -OCH3 is 8. The fraction of sp³-hybridized carbons (Fsp3) is 0.410. The van der Waals surface area contributed by atoms with Crippen molar-refractivity contribution < 1.29 is 37.9 Å². The Balaban J connectivity index is 1.41. The Morgan fingerprint density at radius 3 is 0.930 bits per heavy atom. The number of hydrogen-bond donors (Lipinski definition) is 0. The topological polar surface area (TPSA) is 73.8 Å². The molecule has 71 heavy (non-hydrogen) atoms. The molecule has 7 rings (SSSR count). The molecule has 10 heteroatoms. The molecule has 0 heterocycles. The molecular formula is C61H72I2O8. The monoisotopic (exact) mass is 1190 g/mol. The molecule has 8 nitrogen and oxygen atoms in total. The summed E-state index contributed by atoms with van der Waals surface area (Å²) in [7, 11) is 13.7. The molecule has 1 aliphatic carbocycles. The molecule has 0 saturated heterocycles. The van der Waals surface area contributed by atoms with E-state index in [0.717, 1.165) is 123 Å². The first-order valence-corrected chi connectivity index (χ1v) is 27.4. The van der Waals surface area contributed by atoms with Crippen LogP contribution in [-0.2, 0) is 5.41 Å². The van der Waals surface area contributed by atoms with Crippen molar-refractivity contribution in [2.45, 2.75) is 109 Å². The van der Waals surface area contributed by atoms with Gasteiger partial charge >= 0.3 is 0 Å². The summed E-state index contributed by atoms with van der Waals surface area (Å²) in [5.74, 6) is 5.92. The first-order chi connectivity index (χ1) is 34.6. The summed E-state index contributed by atoms with van der Waals surface area (Å²) in [5, 5.41) is 0.